The van der Waals surface area contributed by atoms with Gasteiger partial charge in [-0.25, -0.2) is 4.39 Å². The van der Waals surface area contributed by atoms with Gasteiger partial charge in [0.15, 0.2) is 0 Å². The lowest BCUT2D eigenvalue weighted by molar-refractivity contribution is -0.126. The van der Waals surface area contributed by atoms with E-state index in [4.69, 9.17) is 12.2 Å². The molecule has 2 aromatic rings. The monoisotopic (exact) mass is 388 g/mol. The van der Waals surface area contributed by atoms with Crippen molar-refractivity contribution in [3.05, 3.63) is 64.8 Å². The first-order valence-corrected chi connectivity index (χ1v) is 8.75. The molecule has 0 aromatic heterocycles. The van der Waals surface area contributed by atoms with Gasteiger partial charge in [0.2, 0.25) is 5.91 Å². The second kappa shape index (κ2) is 7.67. The number of thioether (sulfide) groups is 1. The predicted octanol–water partition coefficient (Wildman–Crippen LogP) is 3.37. The Morgan fingerprint density at radius 2 is 2.04 bits per heavy atom. The van der Waals surface area contributed by atoms with Gasteiger partial charge in [0, 0.05) is 11.8 Å². The number of benzene rings is 2. The first-order valence-electron chi connectivity index (χ1n) is 7.52. The number of anilines is 1. The smallest absolute Gasteiger partial charge is 0.266 e. The molecule has 3 rings (SSSR count). The number of nitrogens with zero attached hydrogens (tertiary/aromatic N) is 1. The number of thiocarbonyl (C=S) groups is 1. The van der Waals surface area contributed by atoms with Crippen LogP contribution in [-0.4, -0.2) is 32.7 Å². The van der Waals surface area contributed by atoms with Crippen LogP contribution < -0.4 is 5.32 Å². The summed E-state index contributed by atoms with van der Waals surface area (Å²) in [4.78, 5) is 26.1. The standard InChI is InChI=1S/C18H13FN2O3S2/c19-12-4-1-3-11(7-12)8-15-17(24)21(18(25)26-15)10-16(23)20-13-5-2-6-14(22)9-13/h1-9,22H,10H2,(H,20,23). The molecular formula is C18H13FN2O3S2. The molecule has 0 spiro atoms. The molecule has 0 aliphatic carbocycles. The highest BCUT2D eigenvalue weighted by molar-refractivity contribution is 8.26. The van der Waals surface area contributed by atoms with Crippen molar-refractivity contribution < 1.29 is 19.1 Å². The molecular weight excluding hydrogens is 375 g/mol. The van der Waals surface area contributed by atoms with Crippen LogP contribution in [-0.2, 0) is 9.59 Å². The maximum atomic E-state index is 13.3. The molecule has 1 aliphatic rings. The van der Waals surface area contributed by atoms with Gasteiger partial charge in [-0.3, -0.25) is 14.5 Å². The molecule has 1 fully saturated rings. The van der Waals surface area contributed by atoms with Crippen molar-refractivity contribution in [2.45, 2.75) is 0 Å². The van der Waals surface area contributed by atoms with E-state index in [0.717, 1.165) is 11.8 Å². The van der Waals surface area contributed by atoms with Crippen molar-refractivity contribution in [2.75, 3.05) is 11.9 Å². The highest BCUT2D eigenvalue weighted by atomic mass is 32.2. The van der Waals surface area contributed by atoms with Crippen LogP contribution >= 0.6 is 24.0 Å². The van der Waals surface area contributed by atoms with Crippen LogP contribution in [0.4, 0.5) is 10.1 Å². The van der Waals surface area contributed by atoms with Crippen LogP contribution in [0.2, 0.25) is 0 Å². The first kappa shape index (κ1) is 18.1. The van der Waals surface area contributed by atoms with Crippen molar-refractivity contribution in [3.63, 3.8) is 0 Å². The Morgan fingerprint density at radius 1 is 1.27 bits per heavy atom. The van der Waals surface area contributed by atoms with E-state index < -0.39 is 17.6 Å². The zero-order valence-corrected chi connectivity index (χ0v) is 14.9. The van der Waals surface area contributed by atoms with Crippen LogP contribution in [0.15, 0.2) is 53.4 Å². The number of aromatic hydroxyl groups is 1. The number of nitrogens with one attached hydrogen (secondary N) is 1. The highest BCUT2D eigenvalue weighted by Crippen LogP contribution is 2.32. The molecule has 2 amide bonds. The fourth-order valence-electron chi connectivity index (χ4n) is 2.31. The average Bonchev–Trinajstić information content (AvgIpc) is 2.82. The Labute approximate surface area is 158 Å². The lowest BCUT2D eigenvalue weighted by Crippen LogP contribution is -2.36. The number of carbonyl (C=O) groups is 2. The molecule has 1 heterocycles. The predicted molar refractivity (Wildman–Crippen MR) is 103 cm³/mol. The number of rotatable bonds is 4. The van der Waals surface area contributed by atoms with Gasteiger partial charge in [-0.15, -0.1) is 0 Å². The van der Waals surface area contributed by atoms with Gasteiger partial charge in [-0.05, 0) is 35.9 Å². The van der Waals surface area contributed by atoms with Crippen LogP contribution in [0, 0.1) is 5.82 Å². The quantitative estimate of drug-likeness (QED) is 0.621. The molecule has 5 nitrogen and oxygen atoms in total. The lowest BCUT2D eigenvalue weighted by atomic mass is 10.2. The minimum absolute atomic E-state index is 0.0199. The van der Waals surface area contributed by atoms with E-state index in [9.17, 15) is 19.1 Å². The second-order valence-corrected chi connectivity index (χ2v) is 7.10. The Bertz CT molecular complexity index is 930. The summed E-state index contributed by atoms with van der Waals surface area (Å²) in [6.45, 7) is -0.249. The van der Waals surface area contributed by atoms with Crippen molar-refractivity contribution in [1.29, 1.82) is 0 Å². The van der Waals surface area contributed by atoms with Crippen molar-refractivity contribution in [2.24, 2.45) is 0 Å². The largest absolute Gasteiger partial charge is 0.508 e. The number of hydrogen-bond donors (Lipinski definition) is 2. The normalized spacial score (nSPS) is 15.6. The van der Waals surface area contributed by atoms with E-state index in [0.29, 0.717) is 16.2 Å². The van der Waals surface area contributed by atoms with Crippen molar-refractivity contribution >= 4 is 51.9 Å². The number of hydrogen-bond acceptors (Lipinski definition) is 5. The molecule has 1 saturated heterocycles. The van der Waals surface area contributed by atoms with Crippen LogP contribution in [0.5, 0.6) is 5.75 Å². The molecule has 132 valence electrons. The number of carbonyl (C=O) groups excluding carboxylic acids is 2. The molecule has 8 heteroatoms. The third-order valence-electron chi connectivity index (χ3n) is 3.45. The molecule has 2 aromatic carbocycles. The number of amides is 2. The van der Waals surface area contributed by atoms with Gasteiger partial charge in [0.05, 0.1) is 4.91 Å². The molecule has 2 N–H and O–H groups in total. The number of phenolic OH excluding ortho intramolecular Hbond substituents is 1. The van der Waals surface area contributed by atoms with Crippen LogP contribution in [0.1, 0.15) is 5.56 Å². The van der Waals surface area contributed by atoms with E-state index in [2.05, 4.69) is 5.32 Å². The van der Waals surface area contributed by atoms with Gasteiger partial charge in [0.1, 0.15) is 22.4 Å². The van der Waals surface area contributed by atoms with Crippen molar-refractivity contribution in [1.82, 2.24) is 4.90 Å². The van der Waals surface area contributed by atoms with E-state index in [1.54, 1.807) is 24.3 Å². The molecule has 0 bridgehead atoms. The summed E-state index contributed by atoms with van der Waals surface area (Å²) in [5.41, 5.74) is 0.949. The maximum Gasteiger partial charge on any atom is 0.266 e. The molecule has 1 aliphatic heterocycles. The second-order valence-electron chi connectivity index (χ2n) is 5.42. The van der Waals surface area contributed by atoms with Gasteiger partial charge in [0.25, 0.3) is 5.91 Å². The first-order chi connectivity index (χ1) is 12.4. The fraction of sp³-hybridized carbons (Fsp3) is 0.0556. The van der Waals surface area contributed by atoms with Gasteiger partial charge < -0.3 is 10.4 Å². The van der Waals surface area contributed by atoms with E-state index in [1.165, 1.54) is 35.2 Å². The Morgan fingerprint density at radius 3 is 2.77 bits per heavy atom. The summed E-state index contributed by atoms with van der Waals surface area (Å²) in [6, 6.07) is 11.9. The van der Waals surface area contributed by atoms with Gasteiger partial charge >= 0.3 is 0 Å². The summed E-state index contributed by atoms with van der Waals surface area (Å²) in [5.74, 6) is -1.24. The third-order valence-corrected chi connectivity index (χ3v) is 4.83. The Balaban J connectivity index is 1.70. The molecule has 0 atom stereocenters. The van der Waals surface area contributed by atoms with Gasteiger partial charge in [-0.2, -0.15) is 0 Å². The molecule has 0 saturated carbocycles. The lowest BCUT2D eigenvalue weighted by Gasteiger charge is -2.14. The third kappa shape index (κ3) is 4.27. The minimum atomic E-state index is -0.445. The van der Waals surface area contributed by atoms with Crippen LogP contribution in [0.3, 0.4) is 0 Å². The summed E-state index contributed by atoms with van der Waals surface area (Å²) in [6.07, 6.45) is 1.54. The van der Waals surface area contributed by atoms with E-state index in [1.807, 2.05) is 0 Å². The van der Waals surface area contributed by atoms with E-state index in [-0.39, 0.29) is 16.6 Å². The summed E-state index contributed by atoms with van der Waals surface area (Å²) in [5, 5.41) is 12.0. The molecule has 26 heavy (non-hydrogen) atoms. The number of phenols is 1. The highest BCUT2D eigenvalue weighted by Gasteiger charge is 2.33. The van der Waals surface area contributed by atoms with Gasteiger partial charge in [-0.1, -0.05) is 42.2 Å². The SMILES string of the molecule is O=C(CN1C(=O)C(=Cc2cccc(F)c2)SC1=S)Nc1cccc(O)c1. The fourth-order valence-corrected chi connectivity index (χ4v) is 3.57. The summed E-state index contributed by atoms with van der Waals surface area (Å²) < 4.78 is 13.5. The minimum Gasteiger partial charge on any atom is -0.508 e. The summed E-state index contributed by atoms with van der Waals surface area (Å²) in [7, 11) is 0. The molecule has 0 unspecified atom stereocenters. The number of halogens is 1. The Hall–Kier alpha value is -2.71. The van der Waals surface area contributed by atoms with Crippen LogP contribution in [0.25, 0.3) is 6.08 Å². The Kier molecular flexibility index (Phi) is 5.34. The average molecular weight is 388 g/mol. The van der Waals surface area contributed by atoms with E-state index >= 15 is 0 Å². The zero-order chi connectivity index (χ0) is 18.7. The zero-order valence-electron chi connectivity index (χ0n) is 13.3. The topological polar surface area (TPSA) is 69.6 Å². The molecule has 0 radical (unpaired) electrons. The summed E-state index contributed by atoms with van der Waals surface area (Å²) >= 11 is 6.23. The van der Waals surface area contributed by atoms with Crippen molar-refractivity contribution in [3.8, 4) is 5.75 Å². The maximum absolute atomic E-state index is 13.3.